The molecule has 0 aliphatic heterocycles. The van der Waals surface area contributed by atoms with E-state index in [4.69, 9.17) is 15.9 Å². The lowest BCUT2D eigenvalue weighted by Gasteiger charge is -2.06. The second-order valence-electron chi connectivity index (χ2n) is 3.67. The van der Waals surface area contributed by atoms with E-state index in [9.17, 15) is 16.8 Å². The third-order valence-electron chi connectivity index (χ3n) is 2.19. The number of rotatable bonds is 4. The van der Waals surface area contributed by atoms with Crippen molar-refractivity contribution in [2.75, 3.05) is 11.5 Å². The Labute approximate surface area is 110 Å². The summed E-state index contributed by atoms with van der Waals surface area (Å²) in [4.78, 5) is -0.162. The lowest BCUT2D eigenvalue weighted by atomic mass is 10.2. The summed E-state index contributed by atoms with van der Waals surface area (Å²) in [5, 5.41) is 8.84. The summed E-state index contributed by atoms with van der Waals surface area (Å²) in [5.74, 6) is -1.33. The van der Waals surface area contributed by atoms with Crippen LogP contribution in [0, 0.1) is 18.3 Å². The molecule has 0 amide bonds. The fraction of sp³-hybridized carbons (Fsp3) is 0.300. The number of sulfone groups is 1. The third kappa shape index (κ3) is 3.98. The van der Waals surface area contributed by atoms with Gasteiger partial charge in [0.05, 0.1) is 22.0 Å². The fourth-order valence-corrected chi connectivity index (χ4v) is 4.57. The minimum atomic E-state index is -3.88. The number of nitrogens with zero attached hydrogens (tertiary/aromatic N) is 1. The van der Waals surface area contributed by atoms with Crippen LogP contribution in [0.5, 0.6) is 0 Å². The molecule has 0 N–H and O–H groups in total. The van der Waals surface area contributed by atoms with Gasteiger partial charge in [-0.1, -0.05) is 6.07 Å². The van der Waals surface area contributed by atoms with Crippen molar-refractivity contribution < 1.29 is 16.8 Å². The molecule has 0 saturated carbocycles. The molecule has 0 radical (unpaired) electrons. The largest absolute Gasteiger partial charge is 0.233 e. The summed E-state index contributed by atoms with van der Waals surface area (Å²) >= 11 is 0. The lowest BCUT2D eigenvalue weighted by molar-refractivity contribution is 0.592. The molecule has 0 saturated heterocycles. The van der Waals surface area contributed by atoms with Crippen LogP contribution in [0.15, 0.2) is 23.1 Å². The van der Waals surface area contributed by atoms with Gasteiger partial charge in [-0.25, -0.2) is 16.8 Å². The molecule has 0 aromatic heterocycles. The van der Waals surface area contributed by atoms with Crippen LogP contribution in [0.3, 0.4) is 0 Å². The maximum absolute atomic E-state index is 11.9. The average Bonchev–Trinajstić information content (AvgIpc) is 2.26. The van der Waals surface area contributed by atoms with E-state index in [1.165, 1.54) is 12.1 Å². The van der Waals surface area contributed by atoms with Gasteiger partial charge in [0.2, 0.25) is 9.05 Å². The van der Waals surface area contributed by atoms with Crippen molar-refractivity contribution >= 4 is 29.6 Å². The van der Waals surface area contributed by atoms with Crippen LogP contribution in [0.2, 0.25) is 0 Å². The van der Waals surface area contributed by atoms with Gasteiger partial charge in [-0.05, 0) is 24.6 Å². The quantitative estimate of drug-likeness (QED) is 0.780. The molecule has 0 atom stereocenters. The van der Waals surface area contributed by atoms with Crippen LogP contribution in [0.25, 0.3) is 0 Å². The molecule has 0 unspecified atom stereocenters. The van der Waals surface area contributed by atoms with Crippen LogP contribution in [-0.4, -0.2) is 28.3 Å². The summed E-state index contributed by atoms with van der Waals surface area (Å²) in [7, 11) is -2.76. The third-order valence-corrected chi connectivity index (χ3v) is 5.35. The van der Waals surface area contributed by atoms with Crippen molar-refractivity contribution in [3.05, 3.63) is 29.3 Å². The Balaban J connectivity index is 3.21. The van der Waals surface area contributed by atoms with Crippen LogP contribution in [0.1, 0.15) is 11.1 Å². The summed E-state index contributed by atoms with van der Waals surface area (Å²) < 4.78 is 45.4. The van der Waals surface area contributed by atoms with Crippen molar-refractivity contribution in [2.24, 2.45) is 0 Å². The van der Waals surface area contributed by atoms with Crippen LogP contribution < -0.4 is 0 Å². The fourth-order valence-electron chi connectivity index (χ4n) is 1.30. The summed E-state index contributed by atoms with van der Waals surface area (Å²) in [6, 6.07) is 6.10. The molecular weight excluding hydrogens is 298 g/mol. The van der Waals surface area contributed by atoms with Gasteiger partial charge in [0.25, 0.3) is 0 Å². The Morgan fingerprint density at radius 1 is 1.22 bits per heavy atom. The van der Waals surface area contributed by atoms with Gasteiger partial charge in [0.15, 0.2) is 9.84 Å². The molecule has 0 fully saturated rings. The Kier molecular flexibility index (Phi) is 4.37. The van der Waals surface area contributed by atoms with E-state index < -0.39 is 30.4 Å². The minimum Gasteiger partial charge on any atom is -0.224 e. The summed E-state index contributed by atoms with van der Waals surface area (Å²) in [6.07, 6.45) is 0. The van der Waals surface area contributed by atoms with Gasteiger partial charge in [-0.2, -0.15) is 5.26 Å². The first-order valence-electron chi connectivity index (χ1n) is 4.81. The van der Waals surface area contributed by atoms with Crippen LogP contribution in [0.4, 0.5) is 0 Å². The Bertz CT molecular complexity index is 702. The normalized spacial score (nSPS) is 12.1. The van der Waals surface area contributed by atoms with Crippen molar-refractivity contribution in [2.45, 2.75) is 11.8 Å². The van der Waals surface area contributed by atoms with E-state index in [-0.39, 0.29) is 10.5 Å². The highest BCUT2D eigenvalue weighted by molar-refractivity contribution is 8.14. The van der Waals surface area contributed by atoms with E-state index in [2.05, 4.69) is 0 Å². The van der Waals surface area contributed by atoms with Gasteiger partial charge in [-0.15, -0.1) is 0 Å². The maximum Gasteiger partial charge on any atom is 0.233 e. The van der Waals surface area contributed by atoms with E-state index in [0.717, 1.165) is 0 Å². The van der Waals surface area contributed by atoms with E-state index in [1.54, 1.807) is 19.1 Å². The Morgan fingerprint density at radius 2 is 1.83 bits per heavy atom. The SMILES string of the molecule is Cc1ccc(C#N)c(S(=O)(=O)CCS(=O)(=O)Cl)c1. The predicted octanol–water partition coefficient (Wildman–Crippen LogP) is 1.21. The molecule has 1 rings (SSSR count). The molecule has 0 aliphatic rings. The molecule has 5 nitrogen and oxygen atoms in total. The van der Waals surface area contributed by atoms with Crippen molar-refractivity contribution in [3.63, 3.8) is 0 Å². The van der Waals surface area contributed by atoms with Gasteiger partial charge in [0.1, 0.15) is 6.07 Å². The van der Waals surface area contributed by atoms with Crippen LogP contribution in [-0.2, 0) is 18.9 Å². The zero-order valence-corrected chi connectivity index (χ0v) is 11.8. The first kappa shape index (κ1) is 15.0. The monoisotopic (exact) mass is 307 g/mol. The smallest absolute Gasteiger partial charge is 0.224 e. The highest BCUT2D eigenvalue weighted by Crippen LogP contribution is 2.19. The highest BCUT2D eigenvalue weighted by Gasteiger charge is 2.21. The number of nitriles is 1. The summed E-state index contributed by atoms with van der Waals surface area (Å²) in [5.41, 5.74) is 0.661. The van der Waals surface area contributed by atoms with E-state index >= 15 is 0 Å². The van der Waals surface area contributed by atoms with Gasteiger partial charge in [-0.3, -0.25) is 0 Å². The number of aryl methyl sites for hydroxylation is 1. The second-order valence-corrected chi connectivity index (χ2v) is 8.65. The average molecular weight is 308 g/mol. The number of halogens is 1. The molecule has 1 aromatic rings. The first-order valence-corrected chi connectivity index (χ1v) is 8.94. The second kappa shape index (κ2) is 5.26. The number of hydrogen-bond donors (Lipinski definition) is 0. The van der Waals surface area contributed by atoms with Crippen molar-refractivity contribution in [3.8, 4) is 6.07 Å². The zero-order chi connectivity index (χ0) is 14.0. The first-order chi connectivity index (χ1) is 8.15. The molecular formula is C10H10ClNO4S2. The highest BCUT2D eigenvalue weighted by atomic mass is 35.7. The van der Waals surface area contributed by atoms with E-state index in [1.807, 2.05) is 0 Å². The van der Waals surface area contributed by atoms with Crippen molar-refractivity contribution in [1.29, 1.82) is 5.26 Å². The van der Waals surface area contributed by atoms with Gasteiger partial charge < -0.3 is 0 Å². The zero-order valence-electron chi connectivity index (χ0n) is 9.42. The number of benzene rings is 1. The molecule has 0 aliphatic carbocycles. The molecule has 0 heterocycles. The molecule has 98 valence electrons. The predicted molar refractivity (Wildman–Crippen MR) is 67.6 cm³/mol. The number of hydrogen-bond acceptors (Lipinski definition) is 5. The van der Waals surface area contributed by atoms with Crippen LogP contribution >= 0.6 is 10.7 Å². The molecule has 0 bridgehead atoms. The topological polar surface area (TPSA) is 92.1 Å². The molecule has 1 aromatic carbocycles. The van der Waals surface area contributed by atoms with Crippen molar-refractivity contribution in [1.82, 2.24) is 0 Å². The Hall–Kier alpha value is -1.10. The van der Waals surface area contributed by atoms with E-state index in [0.29, 0.717) is 5.56 Å². The summed E-state index contributed by atoms with van der Waals surface area (Å²) in [6.45, 7) is 1.68. The maximum atomic E-state index is 11.9. The Morgan fingerprint density at radius 3 is 2.33 bits per heavy atom. The van der Waals surface area contributed by atoms with Gasteiger partial charge in [0, 0.05) is 10.7 Å². The lowest BCUT2D eigenvalue weighted by Crippen LogP contribution is -2.15. The molecule has 0 spiro atoms. The van der Waals surface area contributed by atoms with Gasteiger partial charge >= 0.3 is 0 Å². The molecule has 18 heavy (non-hydrogen) atoms. The standard InChI is InChI=1S/C10H10ClNO4S2/c1-8-2-3-9(7-12)10(6-8)17(13,14)4-5-18(11,15)16/h2-3,6H,4-5H2,1H3. The molecule has 8 heteroatoms. The minimum absolute atomic E-state index is 0.00688.